The van der Waals surface area contributed by atoms with Crippen LogP contribution < -0.4 is 14.8 Å². The van der Waals surface area contributed by atoms with E-state index in [-0.39, 0.29) is 24.0 Å². The monoisotopic (exact) mass is 661 g/mol. The van der Waals surface area contributed by atoms with Crippen LogP contribution in [-0.4, -0.2) is 76.0 Å². The van der Waals surface area contributed by atoms with Crippen molar-refractivity contribution >= 4 is 21.8 Å². The van der Waals surface area contributed by atoms with E-state index in [2.05, 4.69) is 11.4 Å². The fourth-order valence-electron chi connectivity index (χ4n) is 5.81. The number of nitrogens with one attached hydrogen (secondary N) is 1. The van der Waals surface area contributed by atoms with Gasteiger partial charge in [0.2, 0.25) is 15.9 Å². The van der Waals surface area contributed by atoms with Crippen LogP contribution in [0.15, 0.2) is 95.4 Å². The Bertz CT molecular complexity index is 1600. The molecule has 1 N–H and O–H groups in total. The second kappa shape index (κ2) is 16.6. The van der Waals surface area contributed by atoms with Crippen LogP contribution in [0.1, 0.15) is 49.3 Å². The van der Waals surface area contributed by atoms with Gasteiger partial charge in [-0.05, 0) is 79.6 Å². The molecular weight excluding hydrogens is 618 g/mol. The maximum atomic E-state index is 14.0. The molecule has 1 unspecified atom stereocenters. The summed E-state index contributed by atoms with van der Waals surface area (Å²) in [4.78, 5) is 29.6. The summed E-state index contributed by atoms with van der Waals surface area (Å²) in [5, 5.41) is 3.09. The third kappa shape index (κ3) is 9.21. The van der Waals surface area contributed by atoms with Gasteiger partial charge in [-0.1, -0.05) is 54.1 Å². The molecule has 10 nitrogen and oxygen atoms in total. The van der Waals surface area contributed by atoms with E-state index in [1.165, 1.54) is 51.9 Å². The van der Waals surface area contributed by atoms with Gasteiger partial charge in [-0.3, -0.25) is 9.59 Å². The van der Waals surface area contributed by atoms with E-state index in [1.54, 1.807) is 7.11 Å². The number of morpholine rings is 1. The van der Waals surface area contributed by atoms with Gasteiger partial charge in [-0.15, -0.1) is 0 Å². The lowest BCUT2D eigenvalue weighted by molar-refractivity contribution is -0.143. The van der Waals surface area contributed by atoms with Crippen molar-refractivity contribution in [2.24, 2.45) is 0 Å². The molecule has 1 heterocycles. The van der Waals surface area contributed by atoms with E-state index in [0.717, 1.165) is 24.8 Å². The molecule has 3 aromatic carbocycles. The Morgan fingerprint density at radius 3 is 2.30 bits per heavy atom. The fourth-order valence-corrected chi connectivity index (χ4v) is 7.21. The van der Waals surface area contributed by atoms with Crippen LogP contribution in [0.4, 0.5) is 0 Å². The van der Waals surface area contributed by atoms with Crippen LogP contribution in [0.3, 0.4) is 0 Å². The van der Waals surface area contributed by atoms with Crippen LogP contribution >= 0.6 is 0 Å². The molecule has 1 aliphatic carbocycles. The van der Waals surface area contributed by atoms with E-state index in [1.807, 2.05) is 54.6 Å². The standard InChI is InChI=1S/C36H43N3O7S/c1-44-31-14-12-29(13-15-31)26-39(35(30-10-6-3-7-11-30)36(41)37-21-20-28-8-4-2-5-9-28)34(40)27-46-32-16-18-33(19-17-32)47(42,43)38-22-24-45-25-23-38/h3,6-8,10-19,35H,2,4-5,9,20-27H2,1H3,(H,37,41). The first kappa shape index (κ1) is 34.2. The first-order chi connectivity index (χ1) is 22.8. The number of hydrogen-bond acceptors (Lipinski definition) is 7. The van der Waals surface area contributed by atoms with Gasteiger partial charge in [-0.25, -0.2) is 8.42 Å². The SMILES string of the molecule is COc1ccc(CN(C(=O)COc2ccc(S(=O)(=O)N3CCOCC3)cc2)C(C(=O)NCCC2=CCCCC2)c2ccccc2)cc1. The fraction of sp³-hybridized carbons (Fsp3) is 0.389. The Kier molecular flexibility index (Phi) is 12.0. The van der Waals surface area contributed by atoms with Crippen molar-refractivity contribution in [2.45, 2.75) is 49.6 Å². The lowest BCUT2D eigenvalue weighted by atomic mass is 9.97. The number of sulfonamides is 1. The molecule has 5 rings (SSSR count). The van der Waals surface area contributed by atoms with Gasteiger partial charge >= 0.3 is 0 Å². The number of amides is 2. The van der Waals surface area contributed by atoms with Gasteiger partial charge in [0.05, 0.1) is 25.2 Å². The zero-order valence-corrected chi connectivity index (χ0v) is 27.6. The molecule has 47 heavy (non-hydrogen) atoms. The van der Waals surface area contributed by atoms with E-state index >= 15 is 0 Å². The summed E-state index contributed by atoms with van der Waals surface area (Å²) >= 11 is 0. The number of carbonyl (C=O) groups excluding carboxylic acids is 2. The van der Waals surface area contributed by atoms with Gasteiger partial charge < -0.3 is 24.4 Å². The molecule has 0 radical (unpaired) electrons. The number of carbonyl (C=O) groups is 2. The number of methoxy groups -OCH3 is 1. The van der Waals surface area contributed by atoms with Gasteiger partial charge in [-0.2, -0.15) is 4.31 Å². The minimum Gasteiger partial charge on any atom is -0.497 e. The van der Waals surface area contributed by atoms with Crippen molar-refractivity contribution in [1.82, 2.24) is 14.5 Å². The lowest BCUT2D eigenvalue weighted by Crippen LogP contribution is -2.45. The minimum absolute atomic E-state index is 0.143. The Morgan fingerprint density at radius 2 is 1.64 bits per heavy atom. The Labute approximate surface area is 277 Å². The summed E-state index contributed by atoms with van der Waals surface area (Å²) in [7, 11) is -2.07. The minimum atomic E-state index is -3.66. The van der Waals surface area contributed by atoms with Crippen molar-refractivity contribution in [3.8, 4) is 11.5 Å². The first-order valence-electron chi connectivity index (χ1n) is 16.1. The normalized spacial score (nSPS) is 16.1. The van der Waals surface area contributed by atoms with Crippen molar-refractivity contribution in [3.05, 3.63) is 102 Å². The van der Waals surface area contributed by atoms with E-state index in [9.17, 15) is 18.0 Å². The van der Waals surface area contributed by atoms with Crippen LogP contribution in [0.5, 0.6) is 11.5 Å². The average Bonchev–Trinajstić information content (AvgIpc) is 3.12. The van der Waals surface area contributed by atoms with Gasteiger partial charge in [0.1, 0.15) is 17.5 Å². The van der Waals surface area contributed by atoms with Crippen LogP contribution in [-0.2, 0) is 30.9 Å². The number of benzene rings is 3. The Morgan fingerprint density at radius 1 is 0.936 bits per heavy atom. The summed E-state index contributed by atoms with van der Waals surface area (Å²) in [6.07, 6.45) is 7.55. The van der Waals surface area contributed by atoms with Crippen molar-refractivity contribution in [1.29, 1.82) is 0 Å². The molecule has 1 atom stereocenters. The molecule has 1 aliphatic heterocycles. The Hall–Kier alpha value is -4.19. The van der Waals surface area contributed by atoms with E-state index < -0.39 is 22.0 Å². The highest BCUT2D eigenvalue weighted by atomic mass is 32.2. The highest BCUT2D eigenvalue weighted by Crippen LogP contribution is 2.26. The van der Waals surface area contributed by atoms with Crippen LogP contribution in [0, 0.1) is 0 Å². The molecule has 0 aromatic heterocycles. The first-order valence-corrected chi connectivity index (χ1v) is 17.5. The molecule has 0 saturated carbocycles. The summed E-state index contributed by atoms with van der Waals surface area (Å²) in [6, 6.07) is 21.7. The molecule has 3 aromatic rings. The molecule has 0 spiro atoms. The zero-order valence-electron chi connectivity index (χ0n) is 26.8. The third-order valence-electron chi connectivity index (χ3n) is 8.43. The second-order valence-corrected chi connectivity index (χ2v) is 13.5. The quantitative estimate of drug-likeness (QED) is 0.245. The molecule has 2 aliphatic rings. The smallest absolute Gasteiger partial charge is 0.261 e. The summed E-state index contributed by atoms with van der Waals surface area (Å²) in [5.74, 6) is 0.352. The molecule has 2 amide bonds. The number of rotatable bonds is 14. The number of nitrogens with zero attached hydrogens (tertiary/aromatic N) is 2. The molecule has 250 valence electrons. The number of allylic oxidation sites excluding steroid dienone is 1. The predicted molar refractivity (Wildman–Crippen MR) is 178 cm³/mol. The molecule has 1 fully saturated rings. The van der Waals surface area contributed by atoms with Crippen molar-refractivity contribution in [3.63, 3.8) is 0 Å². The zero-order chi connectivity index (χ0) is 33.1. The average molecular weight is 662 g/mol. The largest absolute Gasteiger partial charge is 0.497 e. The van der Waals surface area contributed by atoms with E-state index in [0.29, 0.717) is 49.9 Å². The summed E-state index contributed by atoms with van der Waals surface area (Å²) in [6.45, 7) is 1.59. The highest BCUT2D eigenvalue weighted by Gasteiger charge is 2.32. The van der Waals surface area contributed by atoms with Crippen LogP contribution in [0.25, 0.3) is 0 Å². The van der Waals surface area contributed by atoms with Gasteiger partial charge in [0.25, 0.3) is 5.91 Å². The topological polar surface area (TPSA) is 114 Å². The summed E-state index contributed by atoms with van der Waals surface area (Å²) in [5.41, 5.74) is 2.86. The molecule has 11 heteroatoms. The summed E-state index contributed by atoms with van der Waals surface area (Å²) < 4.78 is 43.9. The maximum Gasteiger partial charge on any atom is 0.261 e. The number of hydrogen-bond donors (Lipinski definition) is 1. The van der Waals surface area contributed by atoms with Gasteiger partial charge in [0, 0.05) is 26.2 Å². The van der Waals surface area contributed by atoms with Crippen molar-refractivity contribution < 1.29 is 32.2 Å². The van der Waals surface area contributed by atoms with E-state index in [4.69, 9.17) is 14.2 Å². The number of ether oxygens (including phenoxy) is 3. The molecule has 0 bridgehead atoms. The lowest BCUT2D eigenvalue weighted by Gasteiger charge is -2.31. The van der Waals surface area contributed by atoms with Crippen molar-refractivity contribution in [2.75, 3.05) is 46.6 Å². The maximum absolute atomic E-state index is 14.0. The second-order valence-electron chi connectivity index (χ2n) is 11.6. The van der Waals surface area contributed by atoms with Crippen LogP contribution in [0.2, 0.25) is 0 Å². The molecule has 1 saturated heterocycles. The Balaban J connectivity index is 1.34. The third-order valence-corrected chi connectivity index (χ3v) is 10.3. The molecular formula is C36H43N3O7S. The highest BCUT2D eigenvalue weighted by molar-refractivity contribution is 7.89. The predicted octanol–water partition coefficient (Wildman–Crippen LogP) is 4.87. The van der Waals surface area contributed by atoms with Gasteiger partial charge in [0.15, 0.2) is 6.61 Å².